The fourth-order valence-corrected chi connectivity index (χ4v) is 1.37. The maximum absolute atomic E-state index is 11.1. The van der Waals surface area contributed by atoms with Gasteiger partial charge in [-0.1, -0.05) is 0 Å². The third-order valence-electron chi connectivity index (χ3n) is 1.73. The molecule has 0 amide bonds. The smallest absolute Gasteiger partial charge is 0.288 e. The number of furan rings is 1. The zero-order valence-electron chi connectivity index (χ0n) is 6.95. The van der Waals surface area contributed by atoms with Crippen LogP contribution in [-0.2, 0) is 0 Å². The molecule has 0 aliphatic heterocycles. The summed E-state index contributed by atoms with van der Waals surface area (Å²) in [4.78, 5) is 11.1. The lowest BCUT2D eigenvalue weighted by atomic mass is 10.2. The predicted molar refractivity (Wildman–Crippen MR) is 54.7 cm³/mol. The first kappa shape index (κ1) is 9.01. The second kappa shape index (κ2) is 3.30. The van der Waals surface area contributed by atoms with Crippen LogP contribution in [-0.4, -0.2) is 10.2 Å². The Hall–Kier alpha value is -1.56. The zero-order chi connectivity index (χ0) is 10.1. The number of nitrogens with zero attached hydrogens (tertiary/aromatic N) is 1. The predicted octanol–water partition coefficient (Wildman–Crippen LogP) is 1.37. The number of hydrogen-bond donors (Lipinski definition) is 2. The van der Waals surface area contributed by atoms with Crippen molar-refractivity contribution in [3.63, 3.8) is 0 Å². The van der Waals surface area contributed by atoms with Crippen LogP contribution in [0, 0.1) is 0 Å². The SMILES string of the molecule is Nc1c(-c2ccc(Br)o2)cn[nH]c1=O. The molecule has 0 aromatic carbocycles. The quantitative estimate of drug-likeness (QED) is 0.806. The van der Waals surface area contributed by atoms with Gasteiger partial charge in [-0.25, -0.2) is 5.10 Å². The van der Waals surface area contributed by atoms with Crippen molar-refractivity contribution in [3.8, 4) is 11.3 Å². The van der Waals surface area contributed by atoms with E-state index in [2.05, 4.69) is 26.1 Å². The lowest BCUT2D eigenvalue weighted by Gasteiger charge is -1.98. The molecular formula is C8H6BrN3O2. The van der Waals surface area contributed by atoms with Crippen molar-refractivity contribution < 1.29 is 4.42 Å². The summed E-state index contributed by atoms with van der Waals surface area (Å²) in [6.07, 6.45) is 1.45. The van der Waals surface area contributed by atoms with Crippen LogP contribution >= 0.6 is 15.9 Å². The van der Waals surface area contributed by atoms with Crippen LogP contribution in [0.5, 0.6) is 0 Å². The van der Waals surface area contributed by atoms with Gasteiger partial charge in [-0.15, -0.1) is 0 Å². The second-order valence-corrected chi connectivity index (χ2v) is 3.41. The molecule has 6 heteroatoms. The molecule has 0 aliphatic carbocycles. The lowest BCUT2D eigenvalue weighted by molar-refractivity contribution is 0.555. The molecule has 0 saturated carbocycles. The molecule has 2 rings (SSSR count). The fraction of sp³-hybridized carbons (Fsp3) is 0. The topological polar surface area (TPSA) is 84.9 Å². The van der Waals surface area contributed by atoms with Crippen molar-refractivity contribution in [2.24, 2.45) is 0 Å². The van der Waals surface area contributed by atoms with E-state index in [4.69, 9.17) is 10.2 Å². The van der Waals surface area contributed by atoms with E-state index in [1.165, 1.54) is 6.20 Å². The molecule has 2 aromatic heterocycles. The van der Waals surface area contributed by atoms with Crippen LogP contribution in [0.25, 0.3) is 11.3 Å². The van der Waals surface area contributed by atoms with Crippen LogP contribution in [0.4, 0.5) is 5.69 Å². The van der Waals surface area contributed by atoms with Crippen LogP contribution in [0.1, 0.15) is 0 Å². The minimum atomic E-state index is -0.421. The molecule has 0 unspecified atom stereocenters. The van der Waals surface area contributed by atoms with E-state index >= 15 is 0 Å². The number of nitrogens with one attached hydrogen (secondary N) is 1. The second-order valence-electron chi connectivity index (χ2n) is 2.63. The molecule has 0 atom stereocenters. The molecule has 3 N–H and O–H groups in total. The number of nitrogens with two attached hydrogens (primary N) is 1. The van der Waals surface area contributed by atoms with E-state index in [1.54, 1.807) is 12.1 Å². The minimum Gasteiger partial charge on any atom is -0.449 e. The summed E-state index contributed by atoms with van der Waals surface area (Å²) in [5.41, 5.74) is 5.73. The zero-order valence-corrected chi connectivity index (χ0v) is 8.54. The van der Waals surface area contributed by atoms with Crippen LogP contribution in [0.3, 0.4) is 0 Å². The number of anilines is 1. The molecule has 2 aromatic rings. The standard InChI is InChI=1S/C8H6BrN3O2/c9-6-2-1-5(14-6)4-3-11-12-8(13)7(4)10/h1-3H,(H2,10,11)(H,12,13). The van der Waals surface area contributed by atoms with Gasteiger partial charge in [0.2, 0.25) is 0 Å². The van der Waals surface area contributed by atoms with Crippen molar-refractivity contribution in [2.75, 3.05) is 5.73 Å². The number of hydrogen-bond acceptors (Lipinski definition) is 4. The summed E-state index contributed by atoms with van der Waals surface area (Å²) in [5.74, 6) is 0.507. The van der Waals surface area contributed by atoms with Gasteiger partial charge in [-0.05, 0) is 28.1 Å². The van der Waals surface area contributed by atoms with Crippen LogP contribution in [0.15, 0.2) is 32.2 Å². The highest BCUT2D eigenvalue weighted by Crippen LogP contribution is 2.26. The van der Waals surface area contributed by atoms with E-state index in [0.717, 1.165) is 0 Å². The fourth-order valence-electron chi connectivity index (χ4n) is 1.06. The van der Waals surface area contributed by atoms with Crippen molar-refractivity contribution in [3.05, 3.63) is 33.4 Å². The highest BCUT2D eigenvalue weighted by Gasteiger charge is 2.09. The minimum absolute atomic E-state index is 0.0989. The summed E-state index contributed by atoms with van der Waals surface area (Å²) in [6, 6.07) is 3.42. The Kier molecular flexibility index (Phi) is 2.12. The molecule has 0 aliphatic rings. The molecule has 2 heterocycles. The third kappa shape index (κ3) is 1.44. The summed E-state index contributed by atoms with van der Waals surface area (Å²) >= 11 is 3.16. The van der Waals surface area contributed by atoms with E-state index in [0.29, 0.717) is 16.0 Å². The molecule has 0 saturated heterocycles. The van der Waals surface area contributed by atoms with Crippen molar-refractivity contribution >= 4 is 21.6 Å². The van der Waals surface area contributed by atoms with Crippen LogP contribution < -0.4 is 11.3 Å². The normalized spacial score (nSPS) is 10.4. The van der Waals surface area contributed by atoms with E-state index in [1.807, 2.05) is 0 Å². The molecule has 0 radical (unpaired) electrons. The van der Waals surface area contributed by atoms with Gasteiger partial charge in [0.1, 0.15) is 11.4 Å². The maximum Gasteiger partial charge on any atom is 0.288 e. The highest BCUT2D eigenvalue weighted by molar-refractivity contribution is 9.10. The number of rotatable bonds is 1. The average Bonchev–Trinajstić information content (AvgIpc) is 2.57. The first-order chi connectivity index (χ1) is 6.68. The molecular weight excluding hydrogens is 250 g/mol. The van der Waals surface area contributed by atoms with Gasteiger partial charge in [0.05, 0.1) is 11.8 Å². The van der Waals surface area contributed by atoms with Gasteiger partial charge in [-0.3, -0.25) is 4.79 Å². The summed E-state index contributed by atoms with van der Waals surface area (Å²) in [7, 11) is 0. The number of aromatic amines is 1. The summed E-state index contributed by atoms with van der Waals surface area (Å²) in [5, 5.41) is 5.87. The number of halogens is 1. The summed E-state index contributed by atoms with van der Waals surface area (Å²) in [6.45, 7) is 0. The Morgan fingerprint density at radius 2 is 2.29 bits per heavy atom. The lowest BCUT2D eigenvalue weighted by Crippen LogP contribution is -2.13. The van der Waals surface area contributed by atoms with E-state index in [9.17, 15) is 4.79 Å². The molecule has 0 spiro atoms. The third-order valence-corrected chi connectivity index (χ3v) is 2.16. The van der Waals surface area contributed by atoms with Gasteiger partial charge in [-0.2, -0.15) is 5.10 Å². The molecule has 0 bridgehead atoms. The monoisotopic (exact) mass is 255 g/mol. The highest BCUT2D eigenvalue weighted by atomic mass is 79.9. The van der Waals surface area contributed by atoms with Crippen molar-refractivity contribution in [2.45, 2.75) is 0 Å². The van der Waals surface area contributed by atoms with Gasteiger partial charge >= 0.3 is 0 Å². The van der Waals surface area contributed by atoms with Gasteiger partial charge < -0.3 is 10.2 Å². The number of nitrogen functional groups attached to an aromatic ring is 1. The molecule has 5 nitrogen and oxygen atoms in total. The Morgan fingerprint density at radius 1 is 1.50 bits per heavy atom. The Balaban J connectivity index is 2.63. The van der Waals surface area contributed by atoms with Gasteiger partial charge in [0.25, 0.3) is 5.56 Å². The Labute approximate surface area is 87.1 Å². The largest absolute Gasteiger partial charge is 0.449 e. The molecule has 72 valence electrons. The number of H-pyrrole nitrogens is 1. The Morgan fingerprint density at radius 3 is 2.93 bits per heavy atom. The van der Waals surface area contributed by atoms with E-state index < -0.39 is 5.56 Å². The van der Waals surface area contributed by atoms with Crippen molar-refractivity contribution in [1.82, 2.24) is 10.2 Å². The van der Waals surface area contributed by atoms with Crippen molar-refractivity contribution in [1.29, 1.82) is 0 Å². The van der Waals surface area contributed by atoms with Gasteiger partial charge in [0, 0.05) is 0 Å². The number of aromatic nitrogens is 2. The Bertz CT molecular complexity index is 517. The first-order valence-corrected chi connectivity index (χ1v) is 4.56. The summed E-state index contributed by atoms with van der Waals surface area (Å²) < 4.78 is 5.83. The molecule has 14 heavy (non-hydrogen) atoms. The molecule has 0 fully saturated rings. The van der Waals surface area contributed by atoms with Crippen LogP contribution in [0.2, 0.25) is 0 Å². The van der Waals surface area contributed by atoms with Gasteiger partial charge in [0.15, 0.2) is 4.67 Å². The first-order valence-electron chi connectivity index (χ1n) is 3.77. The van der Waals surface area contributed by atoms with E-state index in [-0.39, 0.29) is 5.69 Å². The average molecular weight is 256 g/mol. The maximum atomic E-state index is 11.1.